The number of hydrogen-bond donors (Lipinski definition) is 1. The first-order chi connectivity index (χ1) is 14.0. The first kappa shape index (κ1) is 20.1. The summed E-state index contributed by atoms with van der Waals surface area (Å²) < 4.78 is 6.73. The van der Waals surface area contributed by atoms with E-state index in [1.807, 2.05) is 54.6 Å². The molecule has 0 spiro atoms. The normalized spacial score (nSPS) is 10.4. The van der Waals surface area contributed by atoms with Crippen LogP contribution in [-0.2, 0) is 11.3 Å². The summed E-state index contributed by atoms with van der Waals surface area (Å²) in [5, 5.41) is 7.26. The fraction of sp³-hybridized carbons (Fsp3) is 0.227. The Bertz CT molecular complexity index is 981. The number of hydrogen-bond acceptors (Lipinski definition) is 4. The maximum Gasteiger partial charge on any atom is 0.274 e. The van der Waals surface area contributed by atoms with Gasteiger partial charge in [0.15, 0.2) is 5.69 Å². The van der Waals surface area contributed by atoms with Crippen molar-refractivity contribution in [3.8, 4) is 11.4 Å². The molecule has 1 heterocycles. The zero-order valence-corrected chi connectivity index (χ0v) is 16.8. The molecule has 0 atom stereocenters. The van der Waals surface area contributed by atoms with E-state index < -0.39 is 0 Å². The van der Waals surface area contributed by atoms with E-state index in [1.54, 1.807) is 36.7 Å². The van der Waals surface area contributed by atoms with E-state index in [0.717, 1.165) is 17.0 Å². The van der Waals surface area contributed by atoms with Crippen molar-refractivity contribution in [2.24, 2.45) is 0 Å². The SMILES string of the molecule is CCC(=O)Nc1cc(C(=O)N(C)Cc2ccc(OC)cc2)nn1-c1ccccc1. The maximum absolute atomic E-state index is 12.9. The van der Waals surface area contributed by atoms with Crippen LogP contribution in [0.1, 0.15) is 29.4 Å². The second kappa shape index (κ2) is 9.05. The van der Waals surface area contributed by atoms with Crippen molar-refractivity contribution >= 4 is 17.6 Å². The van der Waals surface area contributed by atoms with Gasteiger partial charge in [0, 0.05) is 26.1 Å². The van der Waals surface area contributed by atoms with Crippen molar-refractivity contribution in [1.82, 2.24) is 14.7 Å². The highest BCUT2D eigenvalue weighted by Crippen LogP contribution is 2.19. The van der Waals surface area contributed by atoms with Gasteiger partial charge in [0.25, 0.3) is 5.91 Å². The van der Waals surface area contributed by atoms with Crippen LogP contribution in [0.3, 0.4) is 0 Å². The summed E-state index contributed by atoms with van der Waals surface area (Å²) in [5.74, 6) is 0.847. The Morgan fingerprint density at radius 2 is 1.79 bits per heavy atom. The number of anilines is 1. The van der Waals surface area contributed by atoms with E-state index in [1.165, 1.54) is 0 Å². The first-order valence-electron chi connectivity index (χ1n) is 9.35. The zero-order valence-electron chi connectivity index (χ0n) is 16.8. The molecule has 0 aliphatic rings. The average Bonchev–Trinajstić information content (AvgIpc) is 3.17. The Kier molecular flexibility index (Phi) is 6.29. The number of methoxy groups -OCH3 is 1. The molecule has 0 saturated carbocycles. The van der Waals surface area contributed by atoms with Crippen molar-refractivity contribution < 1.29 is 14.3 Å². The number of amides is 2. The molecule has 29 heavy (non-hydrogen) atoms. The van der Waals surface area contributed by atoms with Crippen LogP contribution in [0.4, 0.5) is 5.82 Å². The third kappa shape index (κ3) is 4.82. The minimum atomic E-state index is -0.234. The Morgan fingerprint density at radius 3 is 2.41 bits per heavy atom. The summed E-state index contributed by atoms with van der Waals surface area (Å²) in [4.78, 5) is 26.4. The van der Waals surface area contributed by atoms with E-state index in [-0.39, 0.29) is 17.5 Å². The number of rotatable bonds is 7. The monoisotopic (exact) mass is 392 g/mol. The molecule has 150 valence electrons. The summed E-state index contributed by atoms with van der Waals surface area (Å²) in [6.45, 7) is 2.20. The summed E-state index contributed by atoms with van der Waals surface area (Å²) in [7, 11) is 3.33. The van der Waals surface area contributed by atoms with Crippen molar-refractivity contribution in [3.05, 3.63) is 71.9 Å². The molecule has 1 N–H and O–H groups in total. The number of carbonyl (C=O) groups excluding carboxylic acids is 2. The molecule has 7 nitrogen and oxygen atoms in total. The molecule has 0 unspecified atom stereocenters. The van der Waals surface area contributed by atoms with E-state index in [2.05, 4.69) is 10.4 Å². The predicted octanol–water partition coefficient (Wildman–Crippen LogP) is 3.50. The van der Waals surface area contributed by atoms with Gasteiger partial charge >= 0.3 is 0 Å². The number of para-hydroxylation sites is 1. The van der Waals surface area contributed by atoms with Crippen molar-refractivity contribution in [2.75, 3.05) is 19.5 Å². The third-order valence-electron chi connectivity index (χ3n) is 4.44. The molecule has 0 aliphatic carbocycles. The molecule has 7 heteroatoms. The van der Waals surface area contributed by atoms with Gasteiger partial charge in [0.1, 0.15) is 11.6 Å². The number of ether oxygens (including phenoxy) is 1. The van der Waals surface area contributed by atoms with Crippen LogP contribution < -0.4 is 10.1 Å². The zero-order chi connectivity index (χ0) is 20.8. The van der Waals surface area contributed by atoms with Crippen molar-refractivity contribution in [2.45, 2.75) is 19.9 Å². The molecule has 0 fully saturated rings. The van der Waals surface area contributed by atoms with Crippen molar-refractivity contribution in [1.29, 1.82) is 0 Å². The highest BCUT2D eigenvalue weighted by atomic mass is 16.5. The fourth-order valence-corrected chi connectivity index (χ4v) is 2.84. The van der Waals surface area contributed by atoms with Crippen LogP contribution in [0, 0.1) is 0 Å². The molecule has 0 saturated heterocycles. The van der Waals surface area contributed by atoms with Crippen LogP contribution in [0.5, 0.6) is 5.75 Å². The smallest absolute Gasteiger partial charge is 0.274 e. The number of nitrogens with one attached hydrogen (secondary N) is 1. The highest BCUT2D eigenvalue weighted by molar-refractivity contribution is 5.95. The number of benzene rings is 2. The van der Waals surface area contributed by atoms with Gasteiger partial charge in [-0.15, -0.1) is 0 Å². The number of nitrogens with zero attached hydrogens (tertiary/aromatic N) is 3. The minimum absolute atomic E-state index is 0.146. The summed E-state index contributed by atoms with van der Waals surface area (Å²) >= 11 is 0. The molecular weight excluding hydrogens is 368 g/mol. The summed E-state index contributed by atoms with van der Waals surface area (Å²) in [5.41, 5.74) is 2.00. The Hall–Kier alpha value is -3.61. The molecular formula is C22H24N4O3. The maximum atomic E-state index is 12.9. The van der Waals surface area contributed by atoms with Crippen LogP contribution in [-0.4, -0.2) is 40.7 Å². The second-order valence-electron chi connectivity index (χ2n) is 6.57. The van der Waals surface area contributed by atoms with E-state index in [9.17, 15) is 9.59 Å². The summed E-state index contributed by atoms with van der Waals surface area (Å²) in [6, 6.07) is 18.5. The molecule has 0 aliphatic heterocycles. The fourth-order valence-electron chi connectivity index (χ4n) is 2.84. The second-order valence-corrected chi connectivity index (χ2v) is 6.57. The highest BCUT2D eigenvalue weighted by Gasteiger charge is 2.20. The van der Waals surface area contributed by atoms with Crippen molar-refractivity contribution in [3.63, 3.8) is 0 Å². The van der Waals surface area contributed by atoms with Gasteiger partial charge in [-0.05, 0) is 29.8 Å². The predicted molar refractivity (Wildman–Crippen MR) is 111 cm³/mol. The number of aromatic nitrogens is 2. The summed E-state index contributed by atoms with van der Waals surface area (Å²) in [6.07, 6.45) is 0.334. The van der Waals surface area contributed by atoms with Gasteiger partial charge in [-0.1, -0.05) is 37.3 Å². The van der Waals surface area contributed by atoms with E-state index >= 15 is 0 Å². The lowest BCUT2D eigenvalue weighted by Gasteiger charge is -2.16. The molecule has 3 rings (SSSR count). The van der Waals surface area contributed by atoms with Crippen LogP contribution in [0.2, 0.25) is 0 Å². The van der Waals surface area contributed by atoms with E-state index in [0.29, 0.717) is 18.8 Å². The molecule has 0 bridgehead atoms. The van der Waals surface area contributed by atoms with Crippen LogP contribution in [0.25, 0.3) is 5.69 Å². The molecule has 3 aromatic rings. The molecule has 1 aromatic heterocycles. The van der Waals surface area contributed by atoms with Gasteiger partial charge in [-0.25, -0.2) is 4.68 Å². The minimum Gasteiger partial charge on any atom is -0.497 e. The lowest BCUT2D eigenvalue weighted by atomic mass is 10.2. The third-order valence-corrected chi connectivity index (χ3v) is 4.44. The molecule has 0 radical (unpaired) electrons. The molecule has 2 amide bonds. The van der Waals surface area contributed by atoms with Gasteiger partial charge in [0.05, 0.1) is 12.8 Å². The Balaban J connectivity index is 1.84. The Morgan fingerprint density at radius 1 is 1.10 bits per heavy atom. The van der Waals surface area contributed by atoms with Gasteiger partial charge < -0.3 is 15.0 Å². The van der Waals surface area contributed by atoms with Gasteiger partial charge in [-0.3, -0.25) is 9.59 Å². The average molecular weight is 392 g/mol. The largest absolute Gasteiger partial charge is 0.497 e. The quantitative estimate of drug-likeness (QED) is 0.668. The lowest BCUT2D eigenvalue weighted by Crippen LogP contribution is -2.26. The van der Waals surface area contributed by atoms with Gasteiger partial charge in [-0.2, -0.15) is 5.10 Å². The topological polar surface area (TPSA) is 76.5 Å². The first-order valence-corrected chi connectivity index (χ1v) is 9.35. The van der Waals surface area contributed by atoms with Crippen LogP contribution in [0.15, 0.2) is 60.7 Å². The Labute approximate surface area is 169 Å². The molecule has 2 aromatic carbocycles. The van der Waals surface area contributed by atoms with Crippen LogP contribution >= 0.6 is 0 Å². The standard InChI is InChI=1S/C22H24N4O3/c1-4-21(27)23-20-14-19(24-26(20)17-8-6-5-7-9-17)22(28)25(2)15-16-10-12-18(29-3)13-11-16/h5-14H,4,15H2,1-3H3,(H,23,27). The van der Waals surface area contributed by atoms with E-state index in [4.69, 9.17) is 4.74 Å². The number of carbonyl (C=O) groups is 2. The lowest BCUT2D eigenvalue weighted by molar-refractivity contribution is -0.115. The van der Waals surface area contributed by atoms with Gasteiger partial charge in [0.2, 0.25) is 5.91 Å².